The van der Waals surface area contributed by atoms with Gasteiger partial charge in [-0.3, -0.25) is 0 Å². The fourth-order valence-electron chi connectivity index (χ4n) is 4.08. The molecule has 3 aromatic rings. The predicted octanol–water partition coefficient (Wildman–Crippen LogP) is 4.77. The zero-order chi connectivity index (χ0) is 18.3. The number of fused-ring (bicyclic) bond motifs is 2. The van der Waals surface area contributed by atoms with Crippen molar-refractivity contribution in [1.82, 2.24) is 4.57 Å². The first kappa shape index (κ1) is 16.9. The first-order valence-corrected chi connectivity index (χ1v) is 9.10. The van der Waals surface area contributed by atoms with Gasteiger partial charge in [0.25, 0.3) is 5.79 Å². The highest BCUT2D eigenvalue weighted by Gasteiger charge is 2.50. The first-order valence-electron chi connectivity index (χ1n) is 9.10. The van der Waals surface area contributed by atoms with Crippen LogP contribution in [0.3, 0.4) is 0 Å². The molecular weight excluding hydrogens is 326 g/mol. The molecule has 2 heterocycles. The molecule has 0 spiro atoms. The molecule has 1 unspecified atom stereocenters. The van der Waals surface area contributed by atoms with E-state index in [1.165, 1.54) is 0 Å². The molecule has 0 amide bonds. The molecule has 0 saturated carbocycles. The summed E-state index contributed by atoms with van der Waals surface area (Å²) >= 11 is 0. The zero-order valence-electron chi connectivity index (χ0n) is 15.4. The van der Waals surface area contributed by atoms with Gasteiger partial charge in [-0.15, -0.1) is 0 Å². The molecule has 2 aromatic carbocycles. The molecule has 0 aliphatic carbocycles. The number of esters is 1. The monoisotopic (exact) mass is 349 g/mol. The third-order valence-corrected chi connectivity index (χ3v) is 5.32. The van der Waals surface area contributed by atoms with Crippen molar-refractivity contribution in [3.05, 3.63) is 70.9 Å². The lowest BCUT2D eigenvalue weighted by Gasteiger charge is -2.28. The maximum atomic E-state index is 12.5. The molecule has 0 radical (unpaired) electrons. The number of aromatic nitrogens is 1. The number of carbonyl (C=O) groups is 1. The maximum Gasteiger partial charge on any atom is 0.341 e. The van der Waals surface area contributed by atoms with Crippen LogP contribution in [-0.2, 0) is 21.8 Å². The topological polar surface area (TPSA) is 40.5 Å². The molecule has 1 aromatic heterocycles. The summed E-state index contributed by atoms with van der Waals surface area (Å²) in [5.41, 5.74) is 4.48. The second kappa shape index (κ2) is 6.29. The fourth-order valence-corrected chi connectivity index (χ4v) is 4.08. The summed E-state index contributed by atoms with van der Waals surface area (Å²) in [6.07, 6.45) is 2.21. The van der Waals surface area contributed by atoms with Gasteiger partial charge in [-0.25, -0.2) is 4.79 Å². The summed E-state index contributed by atoms with van der Waals surface area (Å²) in [6.45, 7) is 5.20. The van der Waals surface area contributed by atoms with E-state index < -0.39 is 5.79 Å². The zero-order valence-corrected chi connectivity index (χ0v) is 15.4. The van der Waals surface area contributed by atoms with Crippen LogP contribution in [0.2, 0.25) is 0 Å². The molecule has 1 aliphatic rings. The summed E-state index contributed by atoms with van der Waals surface area (Å²) in [6, 6.07) is 15.7. The van der Waals surface area contributed by atoms with Gasteiger partial charge in [0.15, 0.2) is 0 Å². The van der Waals surface area contributed by atoms with E-state index >= 15 is 0 Å². The van der Waals surface area contributed by atoms with Gasteiger partial charge in [-0.2, -0.15) is 0 Å². The third-order valence-electron chi connectivity index (χ3n) is 5.32. The van der Waals surface area contributed by atoms with E-state index in [2.05, 4.69) is 30.5 Å². The SMILES string of the molecule is CCCCn1c(C)c(C2(OC)OC(=O)c3ccccc32)c2ccccc21. The first-order chi connectivity index (χ1) is 12.6. The van der Waals surface area contributed by atoms with Gasteiger partial charge >= 0.3 is 5.97 Å². The van der Waals surface area contributed by atoms with Crippen LogP contribution in [0.5, 0.6) is 0 Å². The normalized spacial score (nSPS) is 19.0. The van der Waals surface area contributed by atoms with Crippen LogP contribution in [-0.4, -0.2) is 17.6 Å². The summed E-state index contributed by atoms with van der Waals surface area (Å²) < 4.78 is 14.1. The molecule has 0 bridgehead atoms. The van der Waals surface area contributed by atoms with Crippen LogP contribution in [0.25, 0.3) is 10.9 Å². The Morgan fingerprint density at radius 3 is 2.62 bits per heavy atom. The van der Waals surface area contributed by atoms with Crippen molar-refractivity contribution in [3.8, 4) is 0 Å². The van der Waals surface area contributed by atoms with E-state index in [0.717, 1.165) is 47.1 Å². The van der Waals surface area contributed by atoms with E-state index in [0.29, 0.717) is 5.56 Å². The number of aryl methyl sites for hydroxylation is 1. The lowest BCUT2D eigenvalue weighted by Crippen LogP contribution is -2.31. The number of ether oxygens (including phenoxy) is 2. The standard InChI is InChI=1S/C22H23NO3/c1-4-5-14-23-15(2)20(17-11-7-9-13-19(17)23)22(25-3)18-12-8-6-10-16(18)21(24)26-22/h6-13H,4-5,14H2,1-3H3. The van der Waals surface area contributed by atoms with Crippen LogP contribution in [0.1, 0.15) is 46.9 Å². The van der Waals surface area contributed by atoms with Crippen molar-refractivity contribution in [2.75, 3.05) is 7.11 Å². The van der Waals surface area contributed by atoms with Crippen LogP contribution in [0, 0.1) is 6.92 Å². The minimum absolute atomic E-state index is 0.341. The minimum Gasteiger partial charge on any atom is -0.420 e. The highest BCUT2D eigenvalue weighted by molar-refractivity contribution is 5.97. The Balaban J connectivity index is 2.02. The summed E-state index contributed by atoms with van der Waals surface area (Å²) in [4.78, 5) is 12.5. The smallest absolute Gasteiger partial charge is 0.341 e. The van der Waals surface area contributed by atoms with E-state index in [1.807, 2.05) is 30.3 Å². The molecule has 0 saturated heterocycles. The van der Waals surface area contributed by atoms with Gasteiger partial charge < -0.3 is 14.0 Å². The number of methoxy groups -OCH3 is 1. The van der Waals surface area contributed by atoms with Gasteiger partial charge in [0.05, 0.1) is 11.1 Å². The van der Waals surface area contributed by atoms with E-state index in [-0.39, 0.29) is 5.97 Å². The van der Waals surface area contributed by atoms with Crippen LogP contribution < -0.4 is 0 Å². The number of carbonyl (C=O) groups excluding carboxylic acids is 1. The van der Waals surface area contributed by atoms with Crippen molar-refractivity contribution in [1.29, 1.82) is 0 Å². The molecular formula is C22H23NO3. The fraction of sp³-hybridized carbons (Fsp3) is 0.318. The molecule has 0 N–H and O–H groups in total. The van der Waals surface area contributed by atoms with Gasteiger partial charge in [0.2, 0.25) is 0 Å². The van der Waals surface area contributed by atoms with Crippen molar-refractivity contribution in [3.63, 3.8) is 0 Å². The summed E-state index contributed by atoms with van der Waals surface area (Å²) in [5, 5.41) is 1.06. The number of cyclic esters (lactones) is 1. The van der Waals surface area contributed by atoms with E-state index in [9.17, 15) is 4.79 Å². The average Bonchev–Trinajstić information content (AvgIpc) is 3.12. The Labute approximate surface area is 153 Å². The average molecular weight is 349 g/mol. The quantitative estimate of drug-likeness (QED) is 0.623. The van der Waals surface area contributed by atoms with Gasteiger partial charge in [-0.05, 0) is 25.5 Å². The second-order valence-electron chi connectivity index (χ2n) is 6.74. The third kappa shape index (κ3) is 2.22. The lowest BCUT2D eigenvalue weighted by atomic mass is 9.93. The minimum atomic E-state index is -1.20. The summed E-state index contributed by atoms with van der Waals surface area (Å²) in [5.74, 6) is -1.54. The number of nitrogens with zero attached hydrogens (tertiary/aromatic N) is 1. The van der Waals surface area contributed by atoms with E-state index in [1.54, 1.807) is 13.2 Å². The van der Waals surface area contributed by atoms with Gasteiger partial charge in [0, 0.05) is 35.8 Å². The molecule has 4 heteroatoms. The molecule has 1 atom stereocenters. The number of benzene rings is 2. The van der Waals surface area contributed by atoms with Crippen LogP contribution >= 0.6 is 0 Å². The van der Waals surface area contributed by atoms with Crippen LogP contribution in [0.4, 0.5) is 0 Å². The van der Waals surface area contributed by atoms with Crippen molar-refractivity contribution >= 4 is 16.9 Å². The number of hydrogen-bond acceptors (Lipinski definition) is 3. The Morgan fingerprint density at radius 1 is 1.12 bits per heavy atom. The van der Waals surface area contributed by atoms with E-state index in [4.69, 9.17) is 9.47 Å². The number of rotatable bonds is 5. The largest absolute Gasteiger partial charge is 0.420 e. The number of para-hydroxylation sites is 1. The van der Waals surface area contributed by atoms with Crippen molar-refractivity contribution in [2.24, 2.45) is 0 Å². The maximum absolute atomic E-state index is 12.5. The lowest BCUT2D eigenvalue weighted by molar-refractivity contribution is -0.154. The Kier molecular flexibility index (Phi) is 4.08. The Hall–Kier alpha value is -2.59. The van der Waals surface area contributed by atoms with Crippen molar-refractivity contribution in [2.45, 2.75) is 39.0 Å². The molecule has 26 heavy (non-hydrogen) atoms. The van der Waals surface area contributed by atoms with Gasteiger partial charge in [-0.1, -0.05) is 49.7 Å². The predicted molar refractivity (Wildman–Crippen MR) is 101 cm³/mol. The molecule has 4 rings (SSSR count). The molecule has 134 valence electrons. The summed E-state index contributed by atoms with van der Waals surface area (Å²) in [7, 11) is 1.60. The second-order valence-corrected chi connectivity index (χ2v) is 6.74. The molecule has 0 fully saturated rings. The Morgan fingerprint density at radius 2 is 1.85 bits per heavy atom. The molecule has 4 nitrogen and oxygen atoms in total. The highest BCUT2D eigenvalue weighted by Crippen LogP contribution is 2.47. The number of hydrogen-bond donors (Lipinski definition) is 0. The molecule has 1 aliphatic heterocycles. The Bertz CT molecular complexity index is 988. The van der Waals surface area contributed by atoms with Crippen LogP contribution in [0.15, 0.2) is 48.5 Å². The number of unbranched alkanes of at least 4 members (excludes halogenated alkanes) is 1. The van der Waals surface area contributed by atoms with Crippen molar-refractivity contribution < 1.29 is 14.3 Å². The highest BCUT2D eigenvalue weighted by atomic mass is 16.7. The van der Waals surface area contributed by atoms with Gasteiger partial charge in [0.1, 0.15) is 0 Å².